The molecule has 114 valence electrons. The molecular weight excluding hydrogens is 300 g/mol. The molecule has 0 unspecified atom stereocenters. The third kappa shape index (κ3) is 2.34. The zero-order chi connectivity index (χ0) is 15.1. The second-order valence-electron chi connectivity index (χ2n) is 4.67. The Hall–Kier alpha value is -1.46. The van der Waals surface area contributed by atoms with Crippen molar-refractivity contribution in [3.63, 3.8) is 0 Å². The highest BCUT2D eigenvalue weighted by molar-refractivity contribution is 7.98. The third-order valence-electron chi connectivity index (χ3n) is 3.35. The number of aliphatic hydroxyl groups is 3. The van der Waals surface area contributed by atoms with Gasteiger partial charge in [-0.2, -0.15) is 0 Å². The van der Waals surface area contributed by atoms with Gasteiger partial charge in [0.05, 0.1) is 12.9 Å². The summed E-state index contributed by atoms with van der Waals surface area (Å²) < 4.78 is 6.72. The summed E-state index contributed by atoms with van der Waals surface area (Å²) in [6, 6.07) is 0. The van der Waals surface area contributed by atoms with Crippen LogP contribution < -0.4 is 5.56 Å². The lowest BCUT2D eigenvalue weighted by molar-refractivity contribution is -0.210. The number of nitrogens with zero attached hydrogens (tertiary/aromatic N) is 3. The van der Waals surface area contributed by atoms with Gasteiger partial charge in [0.25, 0.3) is 5.56 Å². The average molecular weight is 314 g/mol. The van der Waals surface area contributed by atoms with Gasteiger partial charge in [0.15, 0.2) is 22.5 Å². The van der Waals surface area contributed by atoms with Crippen LogP contribution in [0.15, 0.2) is 16.3 Å². The Labute approximate surface area is 122 Å². The van der Waals surface area contributed by atoms with Crippen molar-refractivity contribution in [2.24, 2.45) is 0 Å². The topological polar surface area (TPSA) is 133 Å². The first-order chi connectivity index (χ1) is 10.0. The molecule has 1 fully saturated rings. The van der Waals surface area contributed by atoms with Gasteiger partial charge < -0.3 is 20.1 Å². The number of ether oxygens (including phenoxy) is 1. The summed E-state index contributed by atoms with van der Waals surface area (Å²) in [5.74, 6) is 0. The van der Waals surface area contributed by atoms with Gasteiger partial charge in [-0.05, 0) is 6.26 Å². The van der Waals surface area contributed by atoms with Crippen LogP contribution in [0.4, 0.5) is 0 Å². The number of thioether (sulfide) groups is 1. The Kier molecular flexibility index (Phi) is 3.71. The van der Waals surface area contributed by atoms with Gasteiger partial charge in [-0.3, -0.25) is 14.3 Å². The van der Waals surface area contributed by atoms with Crippen LogP contribution >= 0.6 is 11.8 Å². The van der Waals surface area contributed by atoms with Crippen molar-refractivity contribution in [1.82, 2.24) is 19.5 Å². The van der Waals surface area contributed by atoms with E-state index < -0.39 is 30.1 Å². The molecule has 10 heteroatoms. The molecule has 0 saturated carbocycles. The van der Waals surface area contributed by atoms with E-state index >= 15 is 0 Å². The summed E-state index contributed by atoms with van der Waals surface area (Å²) in [6.07, 6.45) is -1.76. The van der Waals surface area contributed by atoms with Crippen molar-refractivity contribution in [1.29, 1.82) is 0 Å². The van der Waals surface area contributed by atoms with Crippen molar-refractivity contribution in [2.45, 2.75) is 29.7 Å². The van der Waals surface area contributed by atoms with E-state index in [-0.39, 0.29) is 17.8 Å². The van der Waals surface area contributed by atoms with Gasteiger partial charge in [-0.1, -0.05) is 11.8 Å². The summed E-state index contributed by atoms with van der Waals surface area (Å²) in [4.78, 5) is 22.6. The lowest BCUT2D eigenvalue weighted by Gasteiger charge is -2.35. The molecule has 0 amide bonds. The van der Waals surface area contributed by atoms with Crippen LogP contribution in [0.2, 0.25) is 0 Å². The quantitative estimate of drug-likeness (QED) is 0.387. The van der Waals surface area contributed by atoms with Crippen molar-refractivity contribution in [2.75, 3.05) is 12.9 Å². The summed E-state index contributed by atoms with van der Waals surface area (Å²) >= 11 is 1.26. The maximum absolute atomic E-state index is 11.9. The number of nitrogens with one attached hydrogen (secondary N) is 1. The molecule has 0 aliphatic carbocycles. The number of hydrogen-bond donors (Lipinski definition) is 4. The molecule has 9 nitrogen and oxygen atoms in total. The summed E-state index contributed by atoms with van der Waals surface area (Å²) in [5, 5.41) is 29.6. The van der Waals surface area contributed by atoms with Crippen molar-refractivity contribution >= 4 is 22.9 Å². The van der Waals surface area contributed by atoms with E-state index in [1.54, 1.807) is 6.26 Å². The lowest BCUT2D eigenvalue weighted by Crippen LogP contribution is -2.50. The highest BCUT2D eigenvalue weighted by Crippen LogP contribution is 2.26. The number of imidazole rings is 1. The predicted octanol–water partition coefficient (Wildman–Crippen LogP) is -1.55. The zero-order valence-corrected chi connectivity index (χ0v) is 11.8. The van der Waals surface area contributed by atoms with Crippen LogP contribution in [-0.4, -0.2) is 66.0 Å². The second-order valence-corrected chi connectivity index (χ2v) is 5.47. The first kappa shape index (κ1) is 14.5. The molecule has 4 N–H and O–H groups in total. The second kappa shape index (κ2) is 5.39. The Morgan fingerprint density at radius 2 is 2.19 bits per heavy atom. The Balaban J connectivity index is 2.08. The molecule has 1 aliphatic rings. The number of aromatic amines is 1. The van der Waals surface area contributed by atoms with Gasteiger partial charge in [-0.15, -0.1) is 0 Å². The normalized spacial score (nSPS) is 29.9. The lowest BCUT2D eigenvalue weighted by atomic mass is 10.0. The molecule has 21 heavy (non-hydrogen) atoms. The number of H-pyrrole nitrogens is 1. The summed E-state index contributed by atoms with van der Waals surface area (Å²) in [7, 11) is 0. The molecular formula is C11H14N4O5S. The van der Waals surface area contributed by atoms with E-state index in [9.17, 15) is 20.1 Å². The van der Waals surface area contributed by atoms with Gasteiger partial charge in [-0.25, -0.2) is 9.97 Å². The van der Waals surface area contributed by atoms with E-state index in [0.717, 1.165) is 0 Å². The van der Waals surface area contributed by atoms with Crippen molar-refractivity contribution in [3.8, 4) is 0 Å². The molecule has 0 aromatic carbocycles. The Morgan fingerprint density at radius 1 is 1.43 bits per heavy atom. The van der Waals surface area contributed by atoms with E-state index in [1.165, 1.54) is 22.7 Å². The maximum Gasteiger partial charge on any atom is 0.279 e. The molecule has 4 atom stereocenters. The number of fused-ring (bicyclic) bond motifs is 1. The van der Waals surface area contributed by atoms with Crippen LogP contribution in [-0.2, 0) is 4.74 Å². The minimum Gasteiger partial charge on any atom is -0.388 e. The third-order valence-corrected chi connectivity index (χ3v) is 3.93. The maximum atomic E-state index is 11.9. The standard InChI is InChI=1S/C11H14N4O5S/c1-21-11-13-8-5(9(19)14-11)12-3-15(8)10-7(18)6(17)4(16)2-20-10/h3-4,6-7,10,16-18H,2H2,1H3,(H,13,14,19)/t4-,6-,7+,10+/m1/s1. The average Bonchev–Trinajstić information content (AvgIpc) is 2.89. The smallest absolute Gasteiger partial charge is 0.279 e. The molecule has 3 heterocycles. The minimum absolute atomic E-state index is 0.115. The largest absolute Gasteiger partial charge is 0.388 e. The van der Waals surface area contributed by atoms with Gasteiger partial charge in [0, 0.05) is 0 Å². The summed E-state index contributed by atoms with van der Waals surface area (Å²) in [6.45, 7) is -0.138. The van der Waals surface area contributed by atoms with Crippen LogP contribution in [0.1, 0.15) is 6.23 Å². The monoisotopic (exact) mass is 314 g/mol. The molecule has 1 aliphatic heterocycles. The van der Waals surface area contributed by atoms with Crippen LogP contribution in [0, 0.1) is 0 Å². The number of rotatable bonds is 2. The van der Waals surface area contributed by atoms with E-state index in [4.69, 9.17) is 4.74 Å². The molecule has 0 spiro atoms. The fourth-order valence-electron chi connectivity index (χ4n) is 2.22. The Morgan fingerprint density at radius 3 is 2.90 bits per heavy atom. The van der Waals surface area contributed by atoms with Crippen molar-refractivity contribution in [3.05, 3.63) is 16.7 Å². The summed E-state index contributed by atoms with van der Waals surface area (Å²) in [5.41, 5.74) is -0.0334. The Bertz CT molecular complexity index is 716. The van der Waals surface area contributed by atoms with Gasteiger partial charge >= 0.3 is 0 Å². The molecule has 2 aromatic heterocycles. The molecule has 3 rings (SSSR count). The number of aliphatic hydroxyl groups excluding tert-OH is 3. The first-order valence-electron chi connectivity index (χ1n) is 6.19. The fraction of sp³-hybridized carbons (Fsp3) is 0.545. The van der Waals surface area contributed by atoms with E-state index in [2.05, 4.69) is 15.0 Å². The highest BCUT2D eigenvalue weighted by Gasteiger charge is 2.39. The molecule has 2 aromatic rings. The van der Waals surface area contributed by atoms with Crippen LogP contribution in [0.5, 0.6) is 0 Å². The predicted molar refractivity (Wildman–Crippen MR) is 72.9 cm³/mol. The first-order valence-corrected chi connectivity index (χ1v) is 7.42. The van der Waals surface area contributed by atoms with E-state index in [0.29, 0.717) is 5.16 Å². The molecule has 0 bridgehead atoms. The molecule has 0 radical (unpaired) electrons. The molecule has 1 saturated heterocycles. The van der Waals surface area contributed by atoms with Crippen LogP contribution in [0.25, 0.3) is 11.2 Å². The van der Waals surface area contributed by atoms with Gasteiger partial charge in [0.2, 0.25) is 0 Å². The van der Waals surface area contributed by atoms with Gasteiger partial charge in [0.1, 0.15) is 18.3 Å². The SMILES string of the molecule is CSc1nc2c(ncn2[C@H]2OC[C@@H](O)[C@@H](O)[C@@H]2O)c(=O)[nH]1. The van der Waals surface area contributed by atoms with Crippen LogP contribution in [0.3, 0.4) is 0 Å². The highest BCUT2D eigenvalue weighted by atomic mass is 32.2. The minimum atomic E-state index is -1.36. The van der Waals surface area contributed by atoms with Crippen molar-refractivity contribution < 1.29 is 20.1 Å². The zero-order valence-electron chi connectivity index (χ0n) is 11.0. The fourth-order valence-corrected chi connectivity index (χ4v) is 2.60. The van der Waals surface area contributed by atoms with E-state index in [1.807, 2.05) is 0 Å². The number of aromatic nitrogens is 4. The number of hydrogen-bond acceptors (Lipinski definition) is 8.